The summed E-state index contributed by atoms with van der Waals surface area (Å²) in [7, 11) is 0. The van der Waals surface area contributed by atoms with Crippen LogP contribution in [-0.2, 0) is 6.54 Å². The molecule has 0 radical (unpaired) electrons. The molecule has 1 aromatic rings. The van der Waals surface area contributed by atoms with Crippen molar-refractivity contribution in [3.8, 4) is 0 Å². The normalized spacial score (nSPS) is 27.0. The number of hydrogen-bond donors (Lipinski definition) is 1. The minimum atomic E-state index is -0.376. The molecule has 1 saturated carbocycles. The topological polar surface area (TPSA) is 38.1 Å². The third-order valence-electron chi connectivity index (χ3n) is 4.20. The van der Waals surface area contributed by atoms with Crippen molar-refractivity contribution in [1.82, 2.24) is 9.55 Å². The predicted molar refractivity (Wildman–Crippen MR) is 68.6 cm³/mol. The van der Waals surface area contributed by atoms with Gasteiger partial charge < -0.3 is 9.67 Å². The van der Waals surface area contributed by atoms with Gasteiger partial charge in [-0.1, -0.05) is 26.2 Å². The van der Waals surface area contributed by atoms with Crippen molar-refractivity contribution in [1.29, 1.82) is 0 Å². The number of aromatic nitrogens is 2. The van der Waals surface area contributed by atoms with E-state index in [1.54, 1.807) is 6.20 Å². The Labute approximate surface area is 104 Å². The summed E-state index contributed by atoms with van der Waals surface area (Å²) in [5.74, 6) is 2.06. The third-order valence-corrected chi connectivity index (χ3v) is 4.20. The second-order valence-corrected chi connectivity index (χ2v) is 5.22. The Morgan fingerprint density at radius 3 is 3.00 bits per heavy atom. The van der Waals surface area contributed by atoms with Gasteiger partial charge in [0.15, 0.2) is 0 Å². The predicted octanol–water partition coefficient (Wildman–Crippen LogP) is 3.15. The highest BCUT2D eigenvalue weighted by Gasteiger charge is 2.29. The van der Waals surface area contributed by atoms with Gasteiger partial charge in [-0.05, 0) is 31.6 Å². The zero-order valence-electron chi connectivity index (χ0n) is 11.0. The van der Waals surface area contributed by atoms with Crippen LogP contribution in [0.2, 0.25) is 0 Å². The summed E-state index contributed by atoms with van der Waals surface area (Å²) in [4.78, 5) is 4.33. The molecule has 3 unspecified atom stereocenters. The molecule has 0 spiro atoms. The number of hydrogen-bond acceptors (Lipinski definition) is 2. The molecule has 0 bridgehead atoms. The van der Waals surface area contributed by atoms with E-state index in [-0.39, 0.29) is 6.10 Å². The van der Waals surface area contributed by atoms with Crippen molar-refractivity contribution in [2.45, 2.75) is 58.6 Å². The van der Waals surface area contributed by atoms with Crippen LogP contribution in [0.3, 0.4) is 0 Å². The maximum atomic E-state index is 10.5. The standard InChI is InChI=1S/C14H24N2O/c1-3-11-6-5-7-12(10-11)13(17)14-15-8-9-16(14)4-2/h8-9,11-13,17H,3-7,10H2,1-2H3. The van der Waals surface area contributed by atoms with E-state index in [1.807, 2.05) is 6.20 Å². The number of rotatable bonds is 4. The number of aliphatic hydroxyl groups is 1. The molecule has 3 atom stereocenters. The van der Waals surface area contributed by atoms with E-state index in [0.717, 1.165) is 31.1 Å². The molecular weight excluding hydrogens is 212 g/mol. The fourth-order valence-electron chi connectivity index (χ4n) is 3.06. The number of nitrogens with zero attached hydrogens (tertiary/aromatic N) is 2. The molecule has 1 aliphatic rings. The summed E-state index contributed by atoms with van der Waals surface area (Å²) in [5, 5.41) is 10.5. The molecule has 0 amide bonds. The van der Waals surface area contributed by atoms with Gasteiger partial charge in [-0.3, -0.25) is 0 Å². The molecule has 0 aromatic carbocycles. The molecule has 1 fully saturated rings. The van der Waals surface area contributed by atoms with Gasteiger partial charge in [-0.15, -0.1) is 0 Å². The lowest BCUT2D eigenvalue weighted by molar-refractivity contribution is 0.0583. The average molecular weight is 236 g/mol. The molecule has 3 heteroatoms. The zero-order chi connectivity index (χ0) is 12.3. The Bertz CT molecular complexity index is 348. The van der Waals surface area contributed by atoms with Gasteiger partial charge >= 0.3 is 0 Å². The number of aliphatic hydroxyl groups excluding tert-OH is 1. The van der Waals surface area contributed by atoms with Crippen molar-refractivity contribution in [2.75, 3.05) is 0 Å². The van der Waals surface area contributed by atoms with E-state index in [4.69, 9.17) is 0 Å². The zero-order valence-corrected chi connectivity index (χ0v) is 11.0. The Morgan fingerprint density at radius 2 is 2.29 bits per heavy atom. The molecule has 1 heterocycles. The van der Waals surface area contributed by atoms with E-state index in [0.29, 0.717) is 5.92 Å². The average Bonchev–Trinajstić information content (AvgIpc) is 2.86. The van der Waals surface area contributed by atoms with Crippen LogP contribution >= 0.6 is 0 Å². The van der Waals surface area contributed by atoms with Crippen molar-refractivity contribution in [2.24, 2.45) is 11.8 Å². The highest BCUT2D eigenvalue weighted by atomic mass is 16.3. The van der Waals surface area contributed by atoms with Crippen LogP contribution in [0.15, 0.2) is 12.4 Å². The first-order valence-electron chi connectivity index (χ1n) is 6.95. The monoisotopic (exact) mass is 236 g/mol. The Morgan fingerprint density at radius 1 is 1.47 bits per heavy atom. The van der Waals surface area contributed by atoms with Gasteiger partial charge in [0.05, 0.1) is 0 Å². The summed E-state index contributed by atoms with van der Waals surface area (Å²) >= 11 is 0. The molecule has 0 saturated heterocycles. The minimum absolute atomic E-state index is 0.376. The van der Waals surface area contributed by atoms with E-state index >= 15 is 0 Å². The summed E-state index contributed by atoms with van der Waals surface area (Å²) in [6, 6.07) is 0. The first kappa shape index (κ1) is 12.6. The molecule has 17 heavy (non-hydrogen) atoms. The van der Waals surface area contributed by atoms with Gasteiger partial charge in [-0.2, -0.15) is 0 Å². The summed E-state index contributed by atoms with van der Waals surface area (Å²) in [6.45, 7) is 5.23. The third kappa shape index (κ3) is 2.71. The van der Waals surface area contributed by atoms with E-state index in [1.165, 1.54) is 19.3 Å². The Kier molecular flexibility index (Phi) is 4.21. The van der Waals surface area contributed by atoms with Crippen molar-refractivity contribution < 1.29 is 5.11 Å². The van der Waals surface area contributed by atoms with E-state index in [9.17, 15) is 5.11 Å². The molecule has 96 valence electrons. The van der Waals surface area contributed by atoms with Crippen LogP contribution in [-0.4, -0.2) is 14.7 Å². The highest BCUT2D eigenvalue weighted by Crippen LogP contribution is 2.37. The first-order valence-corrected chi connectivity index (χ1v) is 6.95. The summed E-state index contributed by atoms with van der Waals surface area (Å²) < 4.78 is 2.06. The van der Waals surface area contributed by atoms with Crippen LogP contribution in [0, 0.1) is 11.8 Å². The maximum Gasteiger partial charge on any atom is 0.137 e. The van der Waals surface area contributed by atoms with E-state index in [2.05, 4.69) is 23.4 Å². The van der Waals surface area contributed by atoms with Gasteiger partial charge in [-0.25, -0.2) is 4.98 Å². The SMILES string of the molecule is CCC1CCCC(C(O)c2nccn2CC)C1. The molecule has 3 nitrogen and oxygen atoms in total. The lowest BCUT2D eigenvalue weighted by Gasteiger charge is -2.31. The van der Waals surface area contributed by atoms with E-state index < -0.39 is 0 Å². The van der Waals surface area contributed by atoms with Crippen LogP contribution in [0.5, 0.6) is 0 Å². The van der Waals surface area contributed by atoms with Crippen molar-refractivity contribution >= 4 is 0 Å². The Balaban J connectivity index is 2.06. The van der Waals surface area contributed by atoms with Crippen molar-refractivity contribution in [3.63, 3.8) is 0 Å². The summed E-state index contributed by atoms with van der Waals surface area (Å²) in [5.41, 5.74) is 0. The van der Waals surface area contributed by atoms with Gasteiger partial charge in [0, 0.05) is 18.9 Å². The molecule has 2 rings (SSSR count). The van der Waals surface area contributed by atoms with Gasteiger partial charge in [0.25, 0.3) is 0 Å². The van der Waals surface area contributed by atoms with Crippen molar-refractivity contribution in [3.05, 3.63) is 18.2 Å². The molecular formula is C14H24N2O. The molecule has 1 aromatic heterocycles. The largest absolute Gasteiger partial charge is 0.385 e. The van der Waals surface area contributed by atoms with Gasteiger partial charge in [0.1, 0.15) is 11.9 Å². The molecule has 1 aliphatic carbocycles. The molecule has 0 aliphatic heterocycles. The van der Waals surface area contributed by atoms with Crippen LogP contribution < -0.4 is 0 Å². The highest BCUT2D eigenvalue weighted by molar-refractivity contribution is 4.99. The lowest BCUT2D eigenvalue weighted by Crippen LogP contribution is -2.23. The second-order valence-electron chi connectivity index (χ2n) is 5.22. The second kappa shape index (κ2) is 5.67. The number of imidazole rings is 1. The lowest BCUT2D eigenvalue weighted by atomic mass is 9.77. The minimum Gasteiger partial charge on any atom is -0.385 e. The van der Waals surface area contributed by atoms with Crippen LogP contribution in [0.1, 0.15) is 57.9 Å². The fraction of sp³-hybridized carbons (Fsp3) is 0.786. The number of aryl methyl sites for hydroxylation is 1. The van der Waals surface area contributed by atoms with Gasteiger partial charge in [0.2, 0.25) is 0 Å². The fourth-order valence-corrected chi connectivity index (χ4v) is 3.06. The smallest absolute Gasteiger partial charge is 0.137 e. The maximum absolute atomic E-state index is 10.5. The summed E-state index contributed by atoms with van der Waals surface area (Å²) in [6.07, 6.45) is 9.52. The quantitative estimate of drug-likeness (QED) is 0.872. The van der Waals surface area contributed by atoms with Crippen LogP contribution in [0.4, 0.5) is 0 Å². The first-order chi connectivity index (χ1) is 8.26. The Hall–Kier alpha value is -0.830. The van der Waals surface area contributed by atoms with Crippen LogP contribution in [0.25, 0.3) is 0 Å². The molecule has 1 N–H and O–H groups in total.